The van der Waals surface area contributed by atoms with Crippen LogP contribution in [0.1, 0.15) is 10.4 Å². The lowest BCUT2D eigenvalue weighted by Gasteiger charge is -2.25. The highest BCUT2D eigenvalue weighted by Gasteiger charge is 2.29. The lowest BCUT2D eigenvalue weighted by Crippen LogP contribution is -2.38. The van der Waals surface area contributed by atoms with Gasteiger partial charge < -0.3 is 15.0 Å². The normalized spacial score (nSPS) is 11.5. The molecule has 9 heteroatoms. The summed E-state index contributed by atoms with van der Waals surface area (Å²) in [4.78, 5) is 41.9. The molecule has 2 aromatic rings. The van der Waals surface area contributed by atoms with E-state index in [-0.39, 0.29) is 40.0 Å². The molecule has 0 fully saturated rings. The van der Waals surface area contributed by atoms with Gasteiger partial charge in [0.25, 0.3) is 11.5 Å². The number of rotatable bonds is 1. The quantitative estimate of drug-likeness (QED) is 0.672. The van der Waals surface area contributed by atoms with Crippen LogP contribution >= 0.6 is 0 Å². The molecule has 0 saturated heterocycles. The number of hydrogen-bond donors (Lipinski definition) is 1. The molecule has 0 spiro atoms. The summed E-state index contributed by atoms with van der Waals surface area (Å²) in [6, 6.07) is 2.86. The van der Waals surface area contributed by atoms with Gasteiger partial charge in [0.1, 0.15) is 0 Å². The topological polar surface area (TPSA) is 89.9 Å². The molecule has 0 saturated carbocycles. The molecule has 0 unspecified atom stereocenters. The Morgan fingerprint density at radius 3 is 2.40 bits per heavy atom. The number of anilines is 2. The predicted octanol–water partition coefficient (Wildman–Crippen LogP) is 1.19. The van der Waals surface area contributed by atoms with E-state index in [9.17, 15) is 14.4 Å². The van der Waals surface area contributed by atoms with Gasteiger partial charge in [-0.25, -0.2) is 14.2 Å². The lowest BCUT2D eigenvalue weighted by molar-refractivity contribution is 0.0825. The molecule has 128 valence electrons. The molecule has 1 aromatic heterocycles. The number of fused-ring (bicyclic) bond motifs is 2. The van der Waals surface area contributed by atoms with E-state index in [1.165, 1.54) is 31.1 Å². The SMILES string of the molecule is [C-]#[N+]c1cc2c(c(C(=O)N(C)C)c1)Oc1c(c(=O)n(C)n(C)c1=O)N2. The van der Waals surface area contributed by atoms with Gasteiger partial charge >= 0.3 is 5.56 Å². The van der Waals surface area contributed by atoms with Crippen LogP contribution in [0.15, 0.2) is 21.7 Å². The Kier molecular flexibility index (Phi) is 3.60. The molecule has 1 aromatic carbocycles. The van der Waals surface area contributed by atoms with E-state index in [1.807, 2.05) is 0 Å². The molecule has 0 radical (unpaired) electrons. The van der Waals surface area contributed by atoms with Gasteiger partial charge in [0.2, 0.25) is 5.75 Å². The molecule has 0 aliphatic carbocycles. The fraction of sp³-hybridized carbons (Fsp3) is 0.250. The third kappa shape index (κ3) is 2.35. The van der Waals surface area contributed by atoms with Crippen LogP contribution < -0.4 is 21.2 Å². The molecular formula is C16H15N5O4. The maximum atomic E-state index is 12.4. The first-order valence-electron chi connectivity index (χ1n) is 7.28. The molecule has 1 aliphatic heterocycles. The van der Waals surface area contributed by atoms with Crippen molar-refractivity contribution in [2.75, 3.05) is 19.4 Å². The summed E-state index contributed by atoms with van der Waals surface area (Å²) >= 11 is 0. The van der Waals surface area contributed by atoms with Gasteiger partial charge in [-0.05, 0) is 12.1 Å². The number of aromatic nitrogens is 2. The second kappa shape index (κ2) is 5.52. The minimum Gasteiger partial charge on any atom is -0.446 e. The maximum absolute atomic E-state index is 12.4. The largest absolute Gasteiger partial charge is 0.446 e. The highest BCUT2D eigenvalue weighted by molar-refractivity contribution is 6.01. The van der Waals surface area contributed by atoms with E-state index in [0.717, 1.165) is 9.36 Å². The molecule has 9 nitrogen and oxygen atoms in total. The van der Waals surface area contributed by atoms with Crippen molar-refractivity contribution in [3.63, 3.8) is 0 Å². The van der Waals surface area contributed by atoms with Crippen molar-refractivity contribution in [2.45, 2.75) is 0 Å². The number of nitrogens with one attached hydrogen (secondary N) is 1. The van der Waals surface area contributed by atoms with E-state index in [0.29, 0.717) is 0 Å². The van der Waals surface area contributed by atoms with Crippen molar-refractivity contribution in [3.05, 3.63) is 49.8 Å². The Morgan fingerprint density at radius 2 is 1.80 bits per heavy atom. The fourth-order valence-electron chi connectivity index (χ4n) is 2.51. The predicted molar refractivity (Wildman–Crippen MR) is 91.0 cm³/mol. The van der Waals surface area contributed by atoms with Gasteiger partial charge in [-0.1, -0.05) is 0 Å². The minimum absolute atomic E-state index is 0.0246. The van der Waals surface area contributed by atoms with Crippen molar-refractivity contribution >= 4 is 23.0 Å². The third-order valence-corrected chi connectivity index (χ3v) is 3.98. The number of amides is 1. The van der Waals surface area contributed by atoms with Crippen LogP contribution in [0.4, 0.5) is 17.1 Å². The highest BCUT2D eigenvalue weighted by atomic mass is 16.5. The summed E-state index contributed by atoms with van der Waals surface area (Å²) in [5, 5.41) is 2.84. The highest BCUT2D eigenvalue weighted by Crippen LogP contribution is 2.43. The lowest BCUT2D eigenvalue weighted by atomic mass is 10.1. The summed E-state index contributed by atoms with van der Waals surface area (Å²) in [7, 11) is 6.03. The second-order valence-electron chi connectivity index (χ2n) is 5.77. The molecule has 1 amide bonds. The third-order valence-electron chi connectivity index (χ3n) is 3.98. The zero-order valence-corrected chi connectivity index (χ0v) is 14.1. The Hall–Kier alpha value is -3.54. The van der Waals surface area contributed by atoms with Crippen LogP contribution in [0.5, 0.6) is 11.5 Å². The average Bonchev–Trinajstić information content (AvgIpc) is 2.61. The number of hydrogen-bond acceptors (Lipinski definition) is 5. The van der Waals surface area contributed by atoms with Crippen LogP contribution in [0.3, 0.4) is 0 Å². The minimum atomic E-state index is -0.521. The Morgan fingerprint density at radius 1 is 1.16 bits per heavy atom. The Labute approximate surface area is 142 Å². The summed E-state index contributed by atoms with van der Waals surface area (Å²) in [5.41, 5.74) is -0.372. The van der Waals surface area contributed by atoms with Crippen LogP contribution in [-0.2, 0) is 14.1 Å². The molecule has 0 bridgehead atoms. The first-order chi connectivity index (χ1) is 11.8. The van der Waals surface area contributed by atoms with Crippen LogP contribution in [0.2, 0.25) is 0 Å². The number of nitrogens with zero attached hydrogens (tertiary/aromatic N) is 4. The van der Waals surface area contributed by atoms with Gasteiger partial charge in [-0.2, -0.15) is 0 Å². The number of carbonyl (C=O) groups excluding carboxylic acids is 1. The number of carbonyl (C=O) groups is 1. The molecule has 2 heterocycles. The molecular weight excluding hydrogens is 326 g/mol. The van der Waals surface area contributed by atoms with E-state index in [1.54, 1.807) is 14.1 Å². The van der Waals surface area contributed by atoms with Gasteiger partial charge in [-0.15, -0.1) is 0 Å². The first-order valence-corrected chi connectivity index (χ1v) is 7.28. The van der Waals surface area contributed by atoms with Crippen molar-refractivity contribution in [3.8, 4) is 11.5 Å². The van der Waals surface area contributed by atoms with Crippen LogP contribution in [-0.4, -0.2) is 34.3 Å². The van der Waals surface area contributed by atoms with Crippen LogP contribution in [0, 0.1) is 6.57 Å². The van der Waals surface area contributed by atoms with Crippen molar-refractivity contribution in [1.29, 1.82) is 0 Å². The van der Waals surface area contributed by atoms with Crippen molar-refractivity contribution in [2.24, 2.45) is 14.1 Å². The number of benzene rings is 1. The Bertz CT molecular complexity index is 1070. The summed E-state index contributed by atoms with van der Waals surface area (Å²) in [5.74, 6) is -0.446. The summed E-state index contributed by atoms with van der Waals surface area (Å²) in [6.45, 7) is 7.20. The van der Waals surface area contributed by atoms with E-state index < -0.39 is 11.1 Å². The van der Waals surface area contributed by atoms with Crippen molar-refractivity contribution in [1.82, 2.24) is 14.3 Å². The van der Waals surface area contributed by atoms with E-state index >= 15 is 0 Å². The average molecular weight is 341 g/mol. The molecule has 3 rings (SSSR count). The standard InChI is InChI=1S/C16H15N5O4/c1-17-8-6-9(14(22)19(2)3)12-10(7-8)18-11-13(25-12)16(24)21(5)20(4)15(11)23/h6-7,18H,2-5H3. The second-order valence-corrected chi connectivity index (χ2v) is 5.77. The fourth-order valence-corrected chi connectivity index (χ4v) is 2.51. The molecule has 0 atom stereocenters. The van der Waals surface area contributed by atoms with E-state index in [2.05, 4.69) is 10.2 Å². The molecule has 1 N–H and O–H groups in total. The zero-order chi connectivity index (χ0) is 18.5. The van der Waals surface area contributed by atoms with E-state index in [4.69, 9.17) is 11.3 Å². The first kappa shape index (κ1) is 16.3. The zero-order valence-electron chi connectivity index (χ0n) is 14.1. The van der Waals surface area contributed by atoms with Crippen molar-refractivity contribution < 1.29 is 9.53 Å². The van der Waals surface area contributed by atoms with Gasteiger partial charge in [-0.3, -0.25) is 14.4 Å². The number of ether oxygens (including phenoxy) is 1. The van der Waals surface area contributed by atoms with Gasteiger partial charge in [0, 0.05) is 28.2 Å². The maximum Gasteiger partial charge on any atom is 0.310 e. The van der Waals surface area contributed by atoms with Crippen LogP contribution in [0.25, 0.3) is 4.85 Å². The Balaban J connectivity index is 2.30. The summed E-state index contributed by atoms with van der Waals surface area (Å²) in [6.07, 6.45) is 0. The smallest absolute Gasteiger partial charge is 0.310 e. The summed E-state index contributed by atoms with van der Waals surface area (Å²) < 4.78 is 7.93. The monoisotopic (exact) mass is 341 g/mol. The molecule has 25 heavy (non-hydrogen) atoms. The van der Waals surface area contributed by atoms with Gasteiger partial charge in [0.15, 0.2) is 17.1 Å². The van der Waals surface area contributed by atoms with Gasteiger partial charge in [0.05, 0.1) is 17.8 Å². The molecule has 1 aliphatic rings.